The van der Waals surface area contributed by atoms with Crippen LogP contribution >= 0.6 is 0 Å². The maximum absolute atomic E-state index is 13.4. The molecule has 0 saturated carbocycles. The van der Waals surface area contributed by atoms with Crippen molar-refractivity contribution in [2.75, 3.05) is 49.7 Å². The lowest BCUT2D eigenvalue weighted by atomic mass is 9.73. The van der Waals surface area contributed by atoms with Crippen molar-refractivity contribution in [2.24, 2.45) is 0 Å². The zero-order valence-electron chi connectivity index (χ0n) is 16.4. The first-order valence-corrected chi connectivity index (χ1v) is 10.1. The minimum Gasteiger partial charge on any atom is -0.381 e. The number of hydrogen-bond acceptors (Lipinski definition) is 4. The Bertz CT molecular complexity index is 810. The zero-order chi connectivity index (χ0) is 19.4. The van der Waals surface area contributed by atoms with E-state index in [2.05, 4.69) is 41.4 Å². The first-order valence-electron chi connectivity index (χ1n) is 10.1. The van der Waals surface area contributed by atoms with Crippen molar-refractivity contribution in [1.29, 1.82) is 0 Å². The molecule has 1 N–H and O–H groups in total. The van der Waals surface area contributed by atoms with Crippen LogP contribution < -0.4 is 10.2 Å². The van der Waals surface area contributed by atoms with Gasteiger partial charge in [0.1, 0.15) is 0 Å². The summed E-state index contributed by atoms with van der Waals surface area (Å²) in [5, 5.41) is 3.21. The number of carbonyl (C=O) groups excluding carboxylic acids is 1. The minimum atomic E-state index is -0.533. The number of benzene rings is 2. The summed E-state index contributed by atoms with van der Waals surface area (Å²) in [6.07, 6.45) is 1.40. The summed E-state index contributed by atoms with van der Waals surface area (Å²) < 4.78 is 11.0. The highest BCUT2D eigenvalue weighted by Gasteiger charge is 2.41. The molecule has 2 fully saturated rings. The van der Waals surface area contributed by atoms with E-state index in [1.54, 1.807) is 0 Å². The first-order chi connectivity index (χ1) is 13.7. The second kappa shape index (κ2) is 8.33. The Morgan fingerprint density at radius 3 is 2.32 bits per heavy atom. The van der Waals surface area contributed by atoms with E-state index in [1.807, 2.05) is 24.3 Å². The maximum atomic E-state index is 13.4. The number of nitrogens with zero attached hydrogens (tertiary/aromatic N) is 1. The highest BCUT2D eigenvalue weighted by Crippen LogP contribution is 2.36. The molecule has 0 aromatic heterocycles. The van der Waals surface area contributed by atoms with E-state index in [0.29, 0.717) is 26.1 Å². The van der Waals surface area contributed by atoms with Gasteiger partial charge in [-0.1, -0.05) is 30.3 Å². The lowest BCUT2D eigenvalue weighted by Crippen LogP contribution is -2.45. The Kier molecular flexibility index (Phi) is 5.64. The normalized spacial score (nSPS) is 19.2. The number of nitrogens with one attached hydrogen (secondary N) is 1. The third-order valence-corrected chi connectivity index (χ3v) is 5.94. The van der Waals surface area contributed by atoms with Crippen LogP contribution in [0.3, 0.4) is 0 Å². The molecule has 2 aliphatic heterocycles. The Morgan fingerprint density at radius 1 is 0.964 bits per heavy atom. The van der Waals surface area contributed by atoms with Gasteiger partial charge in [0.15, 0.2) is 0 Å². The molecule has 5 nitrogen and oxygen atoms in total. The summed E-state index contributed by atoms with van der Waals surface area (Å²) in [6, 6.07) is 16.4. The topological polar surface area (TPSA) is 50.8 Å². The molecule has 0 aliphatic carbocycles. The summed E-state index contributed by atoms with van der Waals surface area (Å²) >= 11 is 0. The summed E-state index contributed by atoms with van der Waals surface area (Å²) in [6.45, 7) is 6.61. The van der Waals surface area contributed by atoms with Crippen molar-refractivity contribution in [1.82, 2.24) is 0 Å². The monoisotopic (exact) mass is 380 g/mol. The van der Waals surface area contributed by atoms with Crippen LogP contribution in [0.15, 0.2) is 48.5 Å². The molecule has 2 aromatic rings. The van der Waals surface area contributed by atoms with Gasteiger partial charge < -0.3 is 19.7 Å². The maximum Gasteiger partial charge on any atom is 0.235 e. The van der Waals surface area contributed by atoms with E-state index < -0.39 is 5.41 Å². The number of carbonyl (C=O) groups is 1. The van der Waals surface area contributed by atoms with Gasteiger partial charge in [0, 0.05) is 37.7 Å². The second-order valence-corrected chi connectivity index (χ2v) is 7.61. The standard InChI is InChI=1S/C23H28N2O3/c1-18-17-20(25-11-15-28-16-12-25)7-8-21(18)24-22(26)23(9-13-27-14-10-23)19-5-3-2-4-6-19/h2-8,17H,9-16H2,1H3,(H,24,26). The Hall–Kier alpha value is -2.37. The van der Waals surface area contributed by atoms with E-state index in [4.69, 9.17) is 9.47 Å². The van der Waals surface area contributed by atoms with Crippen LogP contribution in [0.1, 0.15) is 24.0 Å². The molecule has 2 saturated heterocycles. The van der Waals surface area contributed by atoms with Crippen LogP contribution in [0.5, 0.6) is 0 Å². The van der Waals surface area contributed by atoms with E-state index in [-0.39, 0.29) is 5.91 Å². The van der Waals surface area contributed by atoms with E-state index in [1.165, 1.54) is 5.69 Å². The summed E-state index contributed by atoms with van der Waals surface area (Å²) in [7, 11) is 0. The number of amides is 1. The zero-order valence-corrected chi connectivity index (χ0v) is 16.4. The Morgan fingerprint density at radius 2 is 1.64 bits per heavy atom. The van der Waals surface area contributed by atoms with Gasteiger partial charge in [0.05, 0.1) is 18.6 Å². The van der Waals surface area contributed by atoms with Gasteiger partial charge in [-0.05, 0) is 49.1 Å². The molecular formula is C23H28N2O3. The first kappa shape index (κ1) is 19.0. The van der Waals surface area contributed by atoms with Gasteiger partial charge in [0.2, 0.25) is 5.91 Å². The highest BCUT2D eigenvalue weighted by molar-refractivity contribution is 6.00. The fourth-order valence-corrected chi connectivity index (χ4v) is 4.17. The van der Waals surface area contributed by atoms with Crippen LogP contribution in [-0.2, 0) is 19.7 Å². The predicted octanol–water partition coefficient (Wildman–Crippen LogP) is 3.52. The number of hydrogen-bond donors (Lipinski definition) is 1. The van der Waals surface area contributed by atoms with Crippen molar-refractivity contribution in [3.63, 3.8) is 0 Å². The molecule has 28 heavy (non-hydrogen) atoms. The van der Waals surface area contributed by atoms with Gasteiger partial charge in [-0.2, -0.15) is 0 Å². The van der Waals surface area contributed by atoms with Gasteiger partial charge in [-0.25, -0.2) is 0 Å². The number of morpholine rings is 1. The van der Waals surface area contributed by atoms with Crippen LogP contribution in [0.25, 0.3) is 0 Å². The van der Waals surface area contributed by atoms with Crippen molar-refractivity contribution < 1.29 is 14.3 Å². The van der Waals surface area contributed by atoms with Crippen LogP contribution in [0, 0.1) is 6.92 Å². The predicted molar refractivity (Wildman–Crippen MR) is 111 cm³/mol. The van der Waals surface area contributed by atoms with E-state index in [0.717, 1.165) is 43.1 Å². The van der Waals surface area contributed by atoms with Crippen LogP contribution in [0.2, 0.25) is 0 Å². The van der Waals surface area contributed by atoms with Crippen molar-refractivity contribution in [3.05, 3.63) is 59.7 Å². The van der Waals surface area contributed by atoms with Gasteiger partial charge in [-0.15, -0.1) is 0 Å². The van der Waals surface area contributed by atoms with Crippen molar-refractivity contribution in [2.45, 2.75) is 25.2 Å². The van der Waals surface area contributed by atoms with E-state index in [9.17, 15) is 4.79 Å². The third kappa shape index (κ3) is 3.77. The number of rotatable bonds is 4. The molecular weight excluding hydrogens is 352 g/mol. The molecule has 5 heteroatoms. The highest BCUT2D eigenvalue weighted by atomic mass is 16.5. The van der Waals surface area contributed by atoms with Gasteiger partial charge in [0.25, 0.3) is 0 Å². The fourth-order valence-electron chi connectivity index (χ4n) is 4.17. The van der Waals surface area contributed by atoms with Crippen molar-refractivity contribution >= 4 is 17.3 Å². The molecule has 0 radical (unpaired) electrons. The molecule has 0 bridgehead atoms. The number of ether oxygens (including phenoxy) is 2. The molecule has 0 spiro atoms. The summed E-state index contributed by atoms with van der Waals surface area (Å²) in [5.74, 6) is 0.0595. The molecule has 2 heterocycles. The van der Waals surface area contributed by atoms with Crippen LogP contribution in [0.4, 0.5) is 11.4 Å². The molecule has 0 atom stereocenters. The van der Waals surface area contributed by atoms with E-state index >= 15 is 0 Å². The lowest BCUT2D eigenvalue weighted by molar-refractivity contribution is -0.125. The average molecular weight is 380 g/mol. The lowest BCUT2D eigenvalue weighted by Gasteiger charge is -2.36. The van der Waals surface area contributed by atoms with Gasteiger partial charge in [-0.3, -0.25) is 4.79 Å². The molecule has 2 aromatic carbocycles. The Labute approximate surface area is 166 Å². The second-order valence-electron chi connectivity index (χ2n) is 7.61. The fraction of sp³-hybridized carbons (Fsp3) is 0.435. The quantitative estimate of drug-likeness (QED) is 0.882. The smallest absolute Gasteiger partial charge is 0.235 e. The number of anilines is 2. The molecule has 4 rings (SSSR count). The third-order valence-electron chi connectivity index (χ3n) is 5.94. The summed E-state index contributed by atoms with van der Waals surface area (Å²) in [5.41, 5.74) is 3.67. The van der Waals surface area contributed by atoms with Crippen LogP contribution in [-0.4, -0.2) is 45.4 Å². The van der Waals surface area contributed by atoms with Gasteiger partial charge >= 0.3 is 0 Å². The Balaban J connectivity index is 1.56. The summed E-state index contributed by atoms with van der Waals surface area (Å²) in [4.78, 5) is 15.8. The minimum absolute atomic E-state index is 0.0595. The molecule has 0 unspecified atom stereocenters. The number of aryl methyl sites for hydroxylation is 1. The SMILES string of the molecule is Cc1cc(N2CCOCC2)ccc1NC(=O)C1(c2ccccc2)CCOCC1. The average Bonchev–Trinajstić information content (AvgIpc) is 2.77. The molecule has 2 aliphatic rings. The largest absolute Gasteiger partial charge is 0.381 e. The molecule has 148 valence electrons. The van der Waals surface area contributed by atoms with Crippen molar-refractivity contribution in [3.8, 4) is 0 Å². The molecule has 1 amide bonds.